The summed E-state index contributed by atoms with van der Waals surface area (Å²) in [6.45, 7) is 0.633. The van der Waals surface area contributed by atoms with Gasteiger partial charge in [0.05, 0.1) is 16.9 Å². The molecule has 68 valence electrons. The van der Waals surface area contributed by atoms with Gasteiger partial charge in [-0.25, -0.2) is 8.42 Å². The van der Waals surface area contributed by atoms with Gasteiger partial charge in [0.2, 0.25) is 5.91 Å². The monoisotopic (exact) mass is 189 g/mol. The Bertz CT molecular complexity index is 322. The number of rotatable bonds is 0. The van der Waals surface area contributed by atoms with Crippen LogP contribution in [0.15, 0.2) is 0 Å². The maximum absolute atomic E-state index is 11.3. The molecule has 2 aliphatic rings. The number of hydrogen-bond donors (Lipinski definition) is 1. The summed E-state index contributed by atoms with van der Waals surface area (Å²) in [6, 6.07) is 0. The highest BCUT2D eigenvalue weighted by atomic mass is 32.2. The molecule has 12 heavy (non-hydrogen) atoms. The van der Waals surface area contributed by atoms with Gasteiger partial charge >= 0.3 is 0 Å². The minimum atomic E-state index is -2.93. The van der Waals surface area contributed by atoms with E-state index in [2.05, 4.69) is 5.32 Å². The quantitative estimate of drug-likeness (QED) is 0.548. The minimum absolute atomic E-state index is 0.0613. The Morgan fingerprint density at radius 1 is 1.33 bits per heavy atom. The van der Waals surface area contributed by atoms with Gasteiger partial charge in [-0.1, -0.05) is 0 Å². The van der Waals surface area contributed by atoms with Crippen LogP contribution in [0.4, 0.5) is 0 Å². The normalized spacial score (nSPS) is 38.8. The number of nitrogens with one attached hydrogen (secondary N) is 1. The van der Waals surface area contributed by atoms with Crippen molar-refractivity contribution in [2.75, 3.05) is 18.1 Å². The van der Waals surface area contributed by atoms with E-state index in [1.807, 2.05) is 0 Å². The fraction of sp³-hybridized carbons (Fsp3) is 0.857. The number of amides is 1. The van der Waals surface area contributed by atoms with E-state index < -0.39 is 15.3 Å². The highest BCUT2D eigenvalue weighted by molar-refractivity contribution is 7.91. The molecule has 0 aromatic rings. The zero-order chi connectivity index (χ0) is 8.82. The first-order valence-corrected chi connectivity index (χ1v) is 5.85. The molecule has 1 spiro atoms. The molecule has 0 aromatic heterocycles. The molecule has 2 rings (SSSR count). The maximum atomic E-state index is 11.3. The van der Waals surface area contributed by atoms with Gasteiger partial charge in [0.1, 0.15) is 0 Å². The summed E-state index contributed by atoms with van der Waals surface area (Å²) in [7, 11) is -2.93. The zero-order valence-electron chi connectivity index (χ0n) is 6.67. The Morgan fingerprint density at radius 2 is 2.08 bits per heavy atom. The van der Waals surface area contributed by atoms with Crippen molar-refractivity contribution in [1.29, 1.82) is 0 Å². The van der Waals surface area contributed by atoms with E-state index in [4.69, 9.17) is 0 Å². The molecule has 0 aliphatic carbocycles. The van der Waals surface area contributed by atoms with Crippen molar-refractivity contribution in [3.05, 3.63) is 0 Å². The third-order valence-corrected chi connectivity index (χ3v) is 4.58. The first-order valence-electron chi connectivity index (χ1n) is 4.03. The Kier molecular flexibility index (Phi) is 1.49. The maximum Gasteiger partial charge on any atom is 0.227 e. The Hall–Kier alpha value is -0.580. The van der Waals surface area contributed by atoms with Crippen molar-refractivity contribution in [3.63, 3.8) is 0 Å². The minimum Gasteiger partial charge on any atom is -0.356 e. The lowest BCUT2D eigenvalue weighted by Gasteiger charge is -2.15. The van der Waals surface area contributed by atoms with Crippen LogP contribution >= 0.6 is 0 Å². The third-order valence-electron chi connectivity index (χ3n) is 2.76. The van der Waals surface area contributed by atoms with Crippen LogP contribution in [0.5, 0.6) is 0 Å². The molecule has 1 amide bonds. The van der Waals surface area contributed by atoms with E-state index in [0.29, 0.717) is 19.4 Å². The molecule has 2 fully saturated rings. The molecule has 2 heterocycles. The van der Waals surface area contributed by atoms with Crippen LogP contribution < -0.4 is 5.32 Å². The molecule has 0 bridgehead atoms. The van der Waals surface area contributed by atoms with Gasteiger partial charge < -0.3 is 5.32 Å². The highest BCUT2D eigenvalue weighted by Crippen LogP contribution is 2.38. The first-order chi connectivity index (χ1) is 5.54. The number of carbonyl (C=O) groups excluding carboxylic acids is 1. The average Bonchev–Trinajstić information content (AvgIpc) is 2.43. The Morgan fingerprint density at radius 3 is 2.50 bits per heavy atom. The van der Waals surface area contributed by atoms with Crippen molar-refractivity contribution in [3.8, 4) is 0 Å². The van der Waals surface area contributed by atoms with Gasteiger partial charge in [0.15, 0.2) is 9.84 Å². The van der Waals surface area contributed by atoms with Crippen molar-refractivity contribution in [2.45, 2.75) is 12.8 Å². The smallest absolute Gasteiger partial charge is 0.227 e. The lowest BCUT2D eigenvalue weighted by molar-refractivity contribution is -0.126. The van der Waals surface area contributed by atoms with Crippen LogP contribution in [0.2, 0.25) is 0 Å². The van der Waals surface area contributed by atoms with Crippen LogP contribution in [-0.4, -0.2) is 32.4 Å². The zero-order valence-corrected chi connectivity index (χ0v) is 7.49. The second-order valence-electron chi connectivity index (χ2n) is 3.63. The van der Waals surface area contributed by atoms with Crippen LogP contribution in [0.3, 0.4) is 0 Å². The van der Waals surface area contributed by atoms with Crippen molar-refractivity contribution < 1.29 is 13.2 Å². The van der Waals surface area contributed by atoms with Crippen LogP contribution in [-0.2, 0) is 14.6 Å². The number of sulfone groups is 1. The lowest BCUT2D eigenvalue weighted by Crippen LogP contribution is -2.32. The van der Waals surface area contributed by atoms with E-state index in [1.54, 1.807) is 0 Å². The molecule has 4 nitrogen and oxygen atoms in total. The molecule has 1 atom stereocenters. The van der Waals surface area contributed by atoms with Gasteiger partial charge in [0, 0.05) is 6.54 Å². The van der Waals surface area contributed by atoms with E-state index >= 15 is 0 Å². The first kappa shape index (κ1) is 8.04. The number of carbonyl (C=O) groups is 1. The standard InChI is InChI=1S/C7H11NO3S/c9-6-7(1-3-8-6)2-4-12(10,11)5-7/h1-5H2,(H,8,9). The van der Waals surface area contributed by atoms with Gasteiger partial charge in [-0.3, -0.25) is 4.79 Å². The summed E-state index contributed by atoms with van der Waals surface area (Å²) in [5.41, 5.74) is -0.557. The largest absolute Gasteiger partial charge is 0.356 e. The van der Waals surface area contributed by atoms with Crippen LogP contribution in [0, 0.1) is 5.41 Å². The third kappa shape index (κ3) is 1.03. The predicted molar refractivity (Wildman–Crippen MR) is 43.3 cm³/mol. The van der Waals surface area contributed by atoms with Crippen molar-refractivity contribution >= 4 is 15.7 Å². The molecule has 0 radical (unpaired) electrons. The molecule has 1 N–H and O–H groups in total. The van der Waals surface area contributed by atoms with E-state index in [-0.39, 0.29) is 17.4 Å². The number of hydrogen-bond acceptors (Lipinski definition) is 3. The Balaban J connectivity index is 2.31. The summed E-state index contributed by atoms with van der Waals surface area (Å²) in [4.78, 5) is 11.3. The molecule has 2 aliphatic heterocycles. The van der Waals surface area contributed by atoms with Crippen molar-refractivity contribution in [1.82, 2.24) is 5.32 Å². The van der Waals surface area contributed by atoms with E-state index in [1.165, 1.54) is 0 Å². The van der Waals surface area contributed by atoms with Gasteiger partial charge in [-0.2, -0.15) is 0 Å². The molecule has 5 heteroatoms. The summed E-state index contributed by atoms with van der Waals surface area (Å²) < 4.78 is 22.3. The summed E-state index contributed by atoms with van der Waals surface area (Å²) in [5, 5.41) is 2.69. The topological polar surface area (TPSA) is 63.2 Å². The molecule has 1 unspecified atom stereocenters. The second-order valence-corrected chi connectivity index (χ2v) is 5.81. The summed E-state index contributed by atoms with van der Waals surface area (Å²) in [6.07, 6.45) is 1.20. The van der Waals surface area contributed by atoms with Gasteiger partial charge in [0.25, 0.3) is 0 Å². The second kappa shape index (κ2) is 2.22. The average molecular weight is 189 g/mol. The van der Waals surface area contributed by atoms with Gasteiger partial charge in [-0.15, -0.1) is 0 Å². The van der Waals surface area contributed by atoms with Crippen LogP contribution in [0.25, 0.3) is 0 Å². The molecular weight excluding hydrogens is 178 g/mol. The fourth-order valence-corrected chi connectivity index (χ4v) is 4.12. The molecule has 2 saturated heterocycles. The SMILES string of the molecule is O=C1NCCC12CCS(=O)(=O)C2. The lowest BCUT2D eigenvalue weighted by atomic mass is 9.86. The van der Waals surface area contributed by atoms with Crippen LogP contribution in [0.1, 0.15) is 12.8 Å². The summed E-state index contributed by atoms with van der Waals surface area (Å²) in [5.74, 6) is 0.176. The fourth-order valence-electron chi connectivity index (χ4n) is 2.01. The van der Waals surface area contributed by atoms with Gasteiger partial charge in [-0.05, 0) is 12.8 Å². The predicted octanol–water partition coefficient (Wildman–Crippen LogP) is -0.689. The van der Waals surface area contributed by atoms with E-state index in [0.717, 1.165) is 0 Å². The molecule has 0 saturated carbocycles. The van der Waals surface area contributed by atoms with E-state index in [9.17, 15) is 13.2 Å². The molecular formula is C7H11NO3S. The summed E-state index contributed by atoms with van der Waals surface area (Å²) >= 11 is 0. The molecule has 0 aromatic carbocycles. The van der Waals surface area contributed by atoms with Crippen molar-refractivity contribution in [2.24, 2.45) is 5.41 Å². The highest BCUT2D eigenvalue weighted by Gasteiger charge is 2.50. The Labute approximate surface area is 71.3 Å².